The van der Waals surface area contributed by atoms with E-state index < -0.39 is 11.9 Å². The van der Waals surface area contributed by atoms with Gasteiger partial charge in [-0.15, -0.1) is 0 Å². The normalized spacial score (nSPS) is 18.6. The summed E-state index contributed by atoms with van der Waals surface area (Å²) in [6, 6.07) is 5.30. The van der Waals surface area contributed by atoms with E-state index in [9.17, 15) is 14.4 Å². The molecule has 3 amide bonds. The number of piperazine rings is 1. The highest BCUT2D eigenvalue weighted by Crippen LogP contribution is 2.14. The first-order valence-corrected chi connectivity index (χ1v) is 7.11. The van der Waals surface area contributed by atoms with Crippen LogP contribution in [0.2, 0.25) is 0 Å². The highest BCUT2D eigenvalue weighted by atomic mass is 16.2. The lowest BCUT2D eigenvalue weighted by Crippen LogP contribution is -2.59. The number of hydrogen-bond donors (Lipinski definition) is 1. The van der Waals surface area contributed by atoms with E-state index in [0.717, 1.165) is 11.1 Å². The summed E-state index contributed by atoms with van der Waals surface area (Å²) in [4.78, 5) is 37.1. The second-order valence-electron chi connectivity index (χ2n) is 5.45. The number of rotatable bonds is 3. The minimum absolute atomic E-state index is 0.0477. The molecule has 0 radical (unpaired) electrons. The molecule has 1 fully saturated rings. The topological polar surface area (TPSA) is 66.5 Å². The second kappa shape index (κ2) is 6.08. The number of carbonyl (C=O) groups excluding carboxylic acids is 3. The number of amides is 3. The van der Waals surface area contributed by atoms with Crippen molar-refractivity contribution in [3.8, 4) is 0 Å². The Morgan fingerprint density at radius 3 is 2.62 bits per heavy atom. The van der Waals surface area contributed by atoms with Crippen LogP contribution in [0.4, 0.5) is 0 Å². The zero-order valence-corrected chi connectivity index (χ0v) is 12.6. The fraction of sp³-hybridized carbons (Fsp3) is 0.438. The summed E-state index contributed by atoms with van der Waals surface area (Å²) >= 11 is 0. The predicted molar refractivity (Wildman–Crippen MR) is 78.6 cm³/mol. The van der Waals surface area contributed by atoms with Gasteiger partial charge in [0.2, 0.25) is 17.7 Å². The van der Waals surface area contributed by atoms with E-state index in [-0.39, 0.29) is 24.8 Å². The quantitative estimate of drug-likeness (QED) is 0.847. The Morgan fingerprint density at radius 1 is 1.29 bits per heavy atom. The summed E-state index contributed by atoms with van der Waals surface area (Å²) in [5.41, 5.74) is 3.20. The summed E-state index contributed by atoms with van der Waals surface area (Å²) in [5, 5.41) is 2.27. The summed E-state index contributed by atoms with van der Waals surface area (Å²) in [6.07, 6.45) is 0.704. The Bertz CT molecular complexity index is 595. The molecule has 1 N–H and O–H groups in total. The summed E-state index contributed by atoms with van der Waals surface area (Å²) < 4.78 is 0. The minimum atomic E-state index is -0.554. The largest absolute Gasteiger partial charge is 0.321 e. The molecule has 1 aromatic carbocycles. The van der Waals surface area contributed by atoms with E-state index in [1.807, 2.05) is 39.0 Å². The average molecular weight is 288 g/mol. The Labute approximate surface area is 124 Å². The van der Waals surface area contributed by atoms with Crippen molar-refractivity contribution < 1.29 is 14.4 Å². The van der Waals surface area contributed by atoms with E-state index in [4.69, 9.17) is 0 Å². The Hall–Kier alpha value is -2.17. The zero-order chi connectivity index (χ0) is 15.6. The number of carbonyl (C=O) groups is 3. The van der Waals surface area contributed by atoms with Crippen molar-refractivity contribution in [1.82, 2.24) is 10.2 Å². The van der Waals surface area contributed by atoms with Gasteiger partial charge in [0, 0.05) is 0 Å². The summed E-state index contributed by atoms with van der Waals surface area (Å²) in [6.45, 7) is 5.79. The maximum absolute atomic E-state index is 12.4. The molecule has 1 aromatic rings. The van der Waals surface area contributed by atoms with Gasteiger partial charge in [-0.3, -0.25) is 19.7 Å². The van der Waals surface area contributed by atoms with Crippen LogP contribution < -0.4 is 5.32 Å². The lowest BCUT2D eigenvalue weighted by Gasteiger charge is -2.33. The molecule has 1 aliphatic heterocycles. The molecule has 112 valence electrons. The maximum Gasteiger partial charge on any atom is 0.249 e. The number of nitrogens with one attached hydrogen (secondary N) is 1. The molecule has 0 aliphatic carbocycles. The lowest BCUT2D eigenvalue weighted by molar-refractivity contribution is -0.149. The fourth-order valence-corrected chi connectivity index (χ4v) is 2.52. The van der Waals surface area contributed by atoms with Gasteiger partial charge in [0.25, 0.3) is 0 Å². The molecule has 21 heavy (non-hydrogen) atoms. The highest BCUT2D eigenvalue weighted by molar-refractivity contribution is 6.04. The minimum Gasteiger partial charge on any atom is -0.321 e. The Morgan fingerprint density at radius 2 is 2.00 bits per heavy atom. The van der Waals surface area contributed by atoms with Gasteiger partial charge < -0.3 is 4.90 Å². The standard InChI is InChI=1S/C16H20N2O3/c1-4-13-16(21)17-14(19)9-18(13)15(20)8-12-6-5-10(2)11(3)7-12/h5-7,13H,4,8-9H2,1-3H3,(H,17,19,21). The molecular weight excluding hydrogens is 268 g/mol. The molecule has 2 rings (SSSR count). The van der Waals surface area contributed by atoms with Gasteiger partial charge in [-0.05, 0) is 37.0 Å². The van der Waals surface area contributed by atoms with E-state index >= 15 is 0 Å². The third-order valence-corrected chi connectivity index (χ3v) is 3.89. The van der Waals surface area contributed by atoms with Gasteiger partial charge in [-0.2, -0.15) is 0 Å². The molecule has 1 atom stereocenters. The predicted octanol–water partition coefficient (Wildman–Crippen LogP) is 1.11. The molecule has 1 heterocycles. The molecule has 5 nitrogen and oxygen atoms in total. The summed E-state index contributed by atoms with van der Waals surface area (Å²) in [5.74, 6) is -0.992. The van der Waals surface area contributed by atoms with Crippen LogP contribution in [0.15, 0.2) is 18.2 Å². The Balaban J connectivity index is 2.15. The van der Waals surface area contributed by atoms with E-state index in [0.29, 0.717) is 6.42 Å². The van der Waals surface area contributed by atoms with E-state index in [1.54, 1.807) is 0 Å². The number of nitrogens with zero attached hydrogens (tertiary/aromatic N) is 1. The molecule has 1 unspecified atom stereocenters. The highest BCUT2D eigenvalue weighted by Gasteiger charge is 2.35. The monoisotopic (exact) mass is 288 g/mol. The summed E-state index contributed by atoms with van der Waals surface area (Å²) in [7, 11) is 0. The number of benzene rings is 1. The van der Waals surface area contributed by atoms with Gasteiger partial charge in [0.1, 0.15) is 12.6 Å². The number of imide groups is 1. The molecule has 0 spiro atoms. The Kier molecular flexibility index (Phi) is 4.40. The van der Waals surface area contributed by atoms with Gasteiger partial charge in [-0.25, -0.2) is 0 Å². The van der Waals surface area contributed by atoms with Gasteiger partial charge >= 0.3 is 0 Å². The van der Waals surface area contributed by atoms with Gasteiger partial charge in [-0.1, -0.05) is 25.1 Å². The van der Waals surface area contributed by atoms with Crippen LogP contribution in [0.1, 0.15) is 30.0 Å². The fourth-order valence-electron chi connectivity index (χ4n) is 2.52. The molecule has 1 aliphatic rings. The molecular formula is C16H20N2O3. The van der Waals surface area contributed by atoms with Crippen molar-refractivity contribution in [3.05, 3.63) is 34.9 Å². The van der Waals surface area contributed by atoms with Crippen molar-refractivity contribution in [3.63, 3.8) is 0 Å². The maximum atomic E-state index is 12.4. The third kappa shape index (κ3) is 3.29. The van der Waals surface area contributed by atoms with Gasteiger partial charge in [0.15, 0.2) is 0 Å². The molecule has 0 saturated carbocycles. The first-order valence-electron chi connectivity index (χ1n) is 7.11. The van der Waals surface area contributed by atoms with Crippen LogP contribution in [0.3, 0.4) is 0 Å². The SMILES string of the molecule is CCC1C(=O)NC(=O)CN1C(=O)Cc1ccc(C)c(C)c1. The van der Waals surface area contributed by atoms with Crippen LogP contribution in [-0.2, 0) is 20.8 Å². The first kappa shape index (κ1) is 15.2. The van der Waals surface area contributed by atoms with Crippen LogP contribution in [-0.4, -0.2) is 35.2 Å². The van der Waals surface area contributed by atoms with Crippen molar-refractivity contribution in [1.29, 1.82) is 0 Å². The second-order valence-corrected chi connectivity index (χ2v) is 5.45. The zero-order valence-electron chi connectivity index (χ0n) is 12.6. The average Bonchev–Trinajstić information content (AvgIpc) is 2.42. The molecule has 1 saturated heterocycles. The van der Waals surface area contributed by atoms with Crippen molar-refractivity contribution in [2.45, 2.75) is 39.7 Å². The number of hydrogen-bond acceptors (Lipinski definition) is 3. The molecule has 0 bridgehead atoms. The molecule has 5 heteroatoms. The van der Waals surface area contributed by atoms with Crippen LogP contribution in [0, 0.1) is 13.8 Å². The van der Waals surface area contributed by atoms with Crippen molar-refractivity contribution in [2.24, 2.45) is 0 Å². The smallest absolute Gasteiger partial charge is 0.249 e. The lowest BCUT2D eigenvalue weighted by atomic mass is 10.0. The van der Waals surface area contributed by atoms with Crippen LogP contribution in [0.5, 0.6) is 0 Å². The van der Waals surface area contributed by atoms with Gasteiger partial charge in [0.05, 0.1) is 6.42 Å². The van der Waals surface area contributed by atoms with Crippen LogP contribution >= 0.6 is 0 Å². The van der Waals surface area contributed by atoms with Crippen LogP contribution in [0.25, 0.3) is 0 Å². The third-order valence-electron chi connectivity index (χ3n) is 3.89. The molecule has 0 aromatic heterocycles. The van der Waals surface area contributed by atoms with E-state index in [1.165, 1.54) is 10.5 Å². The van der Waals surface area contributed by atoms with Crippen molar-refractivity contribution >= 4 is 17.7 Å². The first-order chi connectivity index (χ1) is 9.92. The number of aryl methyl sites for hydroxylation is 2. The van der Waals surface area contributed by atoms with E-state index in [2.05, 4.69) is 5.32 Å². The van der Waals surface area contributed by atoms with Crippen molar-refractivity contribution in [2.75, 3.05) is 6.54 Å².